The molecule has 0 saturated carbocycles. The summed E-state index contributed by atoms with van der Waals surface area (Å²) in [6.07, 6.45) is 16.1. The fraction of sp³-hybridized carbons (Fsp3) is 0.167. The summed E-state index contributed by atoms with van der Waals surface area (Å²) in [6.45, 7) is 4.36. The zero-order valence-electron chi connectivity index (χ0n) is 15.0. The Labute approximate surface area is 154 Å². The summed E-state index contributed by atoms with van der Waals surface area (Å²) in [4.78, 5) is 0. The Morgan fingerprint density at radius 3 is 1.32 bits per heavy atom. The summed E-state index contributed by atoms with van der Waals surface area (Å²) in [5.74, 6) is 0. The van der Waals surface area contributed by atoms with Gasteiger partial charge < -0.3 is 0 Å². The first-order valence-corrected chi connectivity index (χ1v) is 12.2. The molecule has 0 bridgehead atoms. The molecule has 0 unspecified atom stereocenters. The molecular weight excluding hydrogens is 336 g/mol. The van der Waals surface area contributed by atoms with Crippen LogP contribution >= 0.6 is 0 Å². The van der Waals surface area contributed by atoms with Crippen LogP contribution < -0.4 is 7.74 Å². The number of allylic oxidation sites excluding steroid dienone is 8. The van der Waals surface area contributed by atoms with Gasteiger partial charge in [0, 0.05) is 0 Å². The molecule has 0 heterocycles. The first-order valence-electron chi connectivity index (χ1n) is 9.08. The molecule has 0 spiro atoms. The van der Waals surface area contributed by atoms with Crippen molar-refractivity contribution in [2.75, 3.05) is 0 Å². The third-order valence-electron chi connectivity index (χ3n) is 5.48. The van der Waals surface area contributed by atoms with Crippen molar-refractivity contribution in [3.05, 3.63) is 104 Å². The van der Waals surface area contributed by atoms with Crippen LogP contribution in [-0.2, 0) is 16.6 Å². The van der Waals surface area contributed by atoms with E-state index in [1.807, 2.05) is 0 Å². The molecule has 25 heavy (non-hydrogen) atoms. The fourth-order valence-corrected chi connectivity index (χ4v) is 12.1. The van der Waals surface area contributed by atoms with Gasteiger partial charge in [-0.05, 0) is 0 Å². The average molecular weight is 360 g/mol. The van der Waals surface area contributed by atoms with Gasteiger partial charge in [0.2, 0.25) is 0 Å². The Hall–Kier alpha value is -1.89. The number of benzene rings is 2. The molecule has 2 aromatic rings. The quantitative estimate of drug-likeness (QED) is 0.666. The van der Waals surface area contributed by atoms with Crippen molar-refractivity contribution in [3.63, 3.8) is 0 Å². The van der Waals surface area contributed by atoms with E-state index in [1.54, 1.807) is 15.5 Å². The van der Waals surface area contributed by atoms with Gasteiger partial charge in [-0.15, -0.1) is 0 Å². The van der Waals surface area contributed by atoms with Crippen LogP contribution in [0.3, 0.4) is 0 Å². The average Bonchev–Trinajstić information content (AvgIpc) is 3.33. The fourth-order valence-electron chi connectivity index (χ4n) is 4.17. The van der Waals surface area contributed by atoms with E-state index in [-0.39, 0.29) is 0 Å². The number of aryl methyl sites for hydroxylation is 2. The van der Waals surface area contributed by atoms with Gasteiger partial charge in [0.05, 0.1) is 0 Å². The third-order valence-corrected chi connectivity index (χ3v) is 13.4. The van der Waals surface area contributed by atoms with E-state index in [2.05, 4.69) is 98.8 Å². The van der Waals surface area contributed by atoms with E-state index in [4.69, 9.17) is 0 Å². The Morgan fingerprint density at radius 2 is 1.00 bits per heavy atom. The molecule has 124 valence electrons. The van der Waals surface area contributed by atoms with E-state index in [0.29, 0.717) is 0 Å². The van der Waals surface area contributed by atoms with Crippen molar-refractivity contribution >= 4 is 7.74 Å². The minimum atomic E-state index is -2.82. The van der Waals surface area contributed by atoms with Gasteiger partial charge in [-0.3, -0.25) is 0 Å². The summed E-state index contributed by atoms with van der Waals surface area (Å²) >= 11 is -2.82. The van der Waals surface area contributed by atoms with E-state index in [1.165, 1.54) is 11.1 Å². The Bertz CT molecular complexity index is 813. The van der Waals surface area contributed by atoms with Crippen molar-refractivity contribution < 1.29 is 16.6 Å². The standard InChI is InChI=1S/2C7H7.2C5H5.Ti/c2*1-7-5-3-2-4-6-7;2*1-2-4-5-3-1;/h2*3-6H,1H3;2*1-3H,4H2;. The van der Waals surface area contributed by atoms with E-state index in [9.17, 15) is 0 Å². The summed E-state index contributed by atoms with van der Waals surface area (Å²) in [6, 6.07) is 18.7. The predicted molar refractivity (Wildman–Crippen MR) is 105 cm³/mol. The van der Waals surface area contributed by atoms with Crippen LogP contribution in [0.15, 0.2) is 92.7 Å². The van der Waals surface area contributed by atoms with Crippen LogP contribution in [0, 0.1) is 13.8 Å². The molecule has 0 nitrogen and oxygen atoms in total. The Morgan fingerprint density at radius 1 is 0.600 bits per heavy atom. The second-order valence-corrected chi connectivity index (χ2v) is 13.3. The number of hydrogen-bond donors (Lipinski definition) is 0. The molecule has 0 N–H and O–H groups in total. The van der Waals surface area contributed by atoms with Gasteiger partial charge in [0.15, 0.2) is 0 Å². The topological polar surface area (TPSA) is 0 Å². The number of rotatable bonds is 4. The SMILES string of the molecule is Cc1cc[c]([Ti]([C]2=CC=CC2)([C]2=CC=CC2)[c]2ccc(C)cc2)cc1. The Kier molecular flexibility index (Phi) is 4.50. The van der Waals surface area contributed by atoms with Crippen LogP contribution in [0.1, 0.15) is 24.0 Å². The normalized spacial score (nSPS) is 16.2. The van der Waals surface area contributed by atoms with Crippen molar-refractivity contribution in [2.24, 2.45) is 0 Å². The summed E-state index contributed by atoms with van der Waals surface area (Å²) in [5, 5.41) is 0. The van der Waals surface area contributed by atoms with Crippen molar-refractivity contribution in [2.45, 2.75) is 26.7 Å². The van der Waals surface area contributed by atoms with Crippen LogP contribution in [0.2, 0.25) is 0 Å². The van der Waals surface area contributed by atoms with Crippen LogP contribution in [0.25, 0.3) is 0 Å². The van der Waals surface area contributed by atoms with Gasteiger partial charge in [-0.2, -0.15) is 0 Å². The molecule has 2 aromatic carbocycles. The van der Waals surface area contributed by atoms with Gasteiger partial charge in [0.1, 0.15) is 0 Å². The van der Waals surface area contributed by atoms with Crippen molar-refractivity contribution in [1.29, 1.82) is 0 Å². The van der Waals surface area contributed by atoms with Crippen molar-refractivity contribution in [3.8, 4) is 0 Å². The van der Waals surface area contributed by atoms with Crippen LogP contribution in [-0.4, -0.2) is 0 Å². The van der Waals surface area contributed by atoms with Crippen LogP contribution in [0.4, 0.5) is 0 Å². The molecule has 0 fully saturated rings. The van der Waals surface area contributed by atoms with Crippen molar-refractivity contribution in [1.82, 2.24) is 0 Å². The summed E-state index contributed by atoms with van der Waals surface area (Å²) < 4.78 is 6.42. The van der Waals surface area contributed by atoms with Gasteiger partial charge >= 0.3 is 155 Å². The Balaban J connectivity index is 2.00. The second kappa shape index (κ2) is 6.79. The monoisotopic (exact) mass is 360 g/mol. The van der Waals surface area contributed by atoms with E-state index < -0.39 is 16.6 Å². The summed E-state index contributed by atoms with van der Waals surface area (Å²) in [7, 11) is 0. The molecule has 4 rings (SSSR count). The molecule has 0 aliphatic heterocycles. The van der Waals surface area contributed by atoms with Gasteiger partial charge in [-0.1, -0.05) is 0 Å². The van der Waals surface area contributed by atoms with Crippen LogP contribution in [0.5, 0.6) is 0 Å². The molecule has 2 aliphatic carbocycles. The van der Waals surface area contributed by atoms with Gasteiger partial charge in [-0.25, -0.2) is 0 Å². The molecule has 0 amide bonds. The molecular formula is C24H24Ti. The first-order chi connectivity index (χ1) is 12.2. The minimum absolute atomic E-state index is 1.10. The molecule has 2 aliphatic rings. The summed E-state index contributed by atoms with van der Waals surface area (Å²) in [5.41, 5.74) is 2.67. The maximum atomic E-state index is 2.40. The first kappa shape index (κ1) is 16.6. The predicted octanol–water partition coefficient (Wildman–Crippen LogP) is 5.10. The van der Waals surface area contributed by atoms with E-state index >= 15 is 0 Å². The third kappa shape index (κ3) is 2.84. The number of hydrogen-bond acceptors (Lipinski definition) is 0. The van der Waals surface area contributed by atoms with Gasteiger partial charge in [0.25, 0.3) is 0 Å². The molecule has 0 atom stereocenters. The zero-order chi connectivity index (χ0) is 17.3. The second-order valence-electron chi connectivity index (χ2n) is 7.13. The molecule has 0 saturated heterocycles. The molecule has 1 heteroatoms. The zero-order valence-corrected chi connectivity index (χ0v) is 16.6. The van der Waals surface area contributed by atoms with E-state index in [0.717, 1.165) is 12.8 Å². The molecule has 0 radical (unpaired) electrons. The molecule has 0 aromatic heterocycles. The maximum absolute atomic E-state index is 2.82.